The van der Waals surface area contributed by atoms with Gasteiger partial charge in [-0.15, -0.1) is 0 Å². The number of nitrogens with zero attached hydrogens (tertiary/aromatic N) is 3. The monoisotopic (exact) mass is 315 g/mol. The Balaban J connectivity index is 1.46. The van der Waals surface area contributed by atoms with Gasteiger partial charge in [-0.2, -0.15) is 0 Å². The summed E-state index contributed by atoms with van der Waals surface area (Å²) in [6, 6.07) is 0.800. The molecule has 0 bridgehead atoms. The lowest BCUT2D eigenvalue weighted by atomic mass is 10.2. The van der Waals surface area contributed by atoms with Gasteiger partial charge in [0.2, 0.25) is 0 Å². The van der Waals surface area contributed by atoms with Crippen molar-refractivity contribution in [3.8, 4) is 0 Å². The van der Waals surface area contributed by atoms with Gasteiger partial charge in [-0.1, -0.05) is 19.1 Å². The lowest BCUT2D eigenvalue weighted by Crippen LogP contribution is -2.55. The van der Waals surface area contributed by atoms with Crippen molar-refractivity contribution in [3.63, 3.8) is 0 Å². The van der Waals surface area contributed by atoms with Gasteiger partial charge in [0.25, 0.3) is 0 Å². The van der Waals surface area contributed by atoms with Gasteiger partial charge in [0, 0.05) is 44.1 Å². The topological polar surface area (TPSA) is 35.6 Å². The molecule has 0 aromatic carbocycles. The van der Waals surface area contributed by atoms with Gasteiger partial charge in [-0.3, -0.25) is 10.2 Å². The van der Waals surface area contributed by atoms with Crippen molar-refractivity contribution in [2.75, 3.05) is 26.3 Å². The minimum absolute atomic E-state index is 0.0186. The number of amides is 2. The summed E-state index contributed by atoms with van der Waals surface area (Å²) in [5.74, 6) is 0.987. The molecule has 4 aliphatic rings. The van der Waals surface area contributed by atoms with Crippen molar-refractivity contribution in [3.05, 3.63) is 35.9 Å². The molecule has 5 heteroatoms. The van der Waals surface area contributed by atoms with Crippen molar-refractivity contribution in [1.82, 2.24) is 15.1 Å². The van der Waals surface area contributed by atoms with Crippen LogP contribution in [0.4, 0.5) is 4.79 Å². The van der Waals surface area contributed by atoms with Crippen molar-refractivity contribution in [2.24, 2.45) is 0 Å². The molecule has 4 heterocycles. The van der Waals surface area contributed by atoms with Gasteiger partial charge in [0.15, 0.2) is 6.67 Å². The van der Waals surface area contributed by atoms with Crippen LogP contribution in [-0.2, 0) is 0 Å². The summed E-state index contributed by atoms with van der Waals surface area (Å²) in [7, 11) is 0. The second kappa shape index (κ2) is 5.71. The van der Waals surface area contributed by atoms with E-state index < -0.39 is 0 Å². The van der Waals surface area contributed by atoms with Gasteiger partial charge in [0.1, 0.15) is 5.82 Å². The Labute approximate surface area is 138 Å². The zero-order chi connectivity index (χ0) is 15.9. The summed E-state index contributed by atoms with van der Waals surface area (Å²) in [4.78, 5) is 16.8. The molecule has 0 aromatic heterocycles. The number of fused-ring (bicyclic) bond motifs is 2. The Kier molecular flexibility index (Phi) is 3.68. The van der Waals surface area contributed by atoms with Crippen LogP contribution in [0.1, 0.15) is 39.0 Å². The molecule has 2 fully saturated rings. The second-order valence-electron chi connectivity index (χ2n) is 7.15. The average molecular weight is 315 g/mol. The molecular formula is C18H27N4O+. The molecule has 0 saturated carbocycles. The summed E-state index contributed by atoms with van der Waals surface area (Å²) in [5.41, 5.74) is 1.21. The van der Waals surface area contributed by atoms with Crippen LogP contribution >= 0.6 is 0 Å². The third kappa shape index (κ3) is 2.38. The van der Waals surface area contributed by atoms with Crippen LogP contribution in [0, 0.1) is 0 Å². The predicted octanol–water partition coefficient (Wildman–Crippen LogP) is 2.71. The highest BCUT2D eigenvalue weighted by molar-refractivity contribution is 5.78. The molecule has 124 valence electrons. The van der Waals surface area contributed by atoms with Crippen molar-refractivity contribution in [1.29, 1.82) is 0 Å². The van der Waals surface area contributed by atoms with E-state index in [9.17, 15) is 4.79 Å². The molecule has 4 aliphatic heterocycles. The normalized spacial score (nSPS) is 31.8. The number of hydrogen-bond acceptors (Lipinski definition) is 2. The number of allylic oxidation sites excluding steroid dienone is 3. The van der Waals surface area contributed by atoms with E-state index in [1.165, 1.54) is 44.5 Å². The minimum atomic E-state index is 0.0186. The Bertz CT molecular complexity index is 582. The van der Waals surface area contributed by atoms with Gasteiger partial charge in [-0.05, 0) is 12.5 Å². The Hall–Kier alpha value is -1.75. The second-order valence-corrected chi connectivity index (χ2v) is 7.15. The summed E-state index contributed by atoms with van der Waals surface area (Å²) in [6.45, 7) is 6.26. The number of rotatable bonds is 3. The maximum atomic E-state index is 12.8. The fraction of sp³-hybridized carbons (Fsp3) is 0.611. The van der Waals surface area contributed by atoms with Crippen molar-refractivity contribution < 1.29 is 9.28 Å². The molecule has 0 spiro atoms. The molecule has 2 amide bonds. The van der Waals surface area contributed by atoms with Crippen LogP contribution in [0.5, 0.6) is 0 Å². The minimum Gasteiger partial charge on any atom is -0.326 e. The largest absolute Gasteiger partial charge is 0.331 e. The molecule has 5 nitrogen and oxygen atoms in total. The van der Waals surface area contributed by atoms with E-state index >= 15 is 0 Å². The molecule has 1 N–H and O–H groups in total. The molecule has 2 saturated heterocycles. The summed E-state index contributed by atoms with van der Waals surface area (Å²) < 4.78 is 1.12. The predicted molar refractivity (Wildman–Crippen MR) is 89.8 cm³/mol. The van der Waals surface area contributed by atoms with Crippen LogP contribution < -0.4 is 5.32 Å². The highest BCUT2D eigenvalue weighted by atomic mass is 16.2. The van der Waals surface area contributed by atoms with Crippen LogP contribution in [0.15, 0.2) is 35.9 Å². The third-order valence-corrected chi connectivity index (χ3v) is 6.00. The lowest BCUT2D eigenvalue weighted by molar-refractivity contribution is -0.929. The van der Waals surface area contributed by atoms with Crippen LogP contribution in [0.2, 0.25) is 0 Å². The van der Waals surface area contributed by atoms with Crippen LogP contribution in [0.3, 0.4) is 0 Å². The molecule has 0 radical (unpaired) electrons. The zero-order valence-electron chi connectivity index (χ0n) is 14.0. The molecule has 4 rings (SSSR count). The molecular weight excluding hydrogens is 288 g/mol. The SMILES string of the molecule is CCC1=CN(C(=O)NC[N+]23CCCC2CCC3)C2=CC=CCN12. The van der Waals surface area contributed by atoms with Crippen molar-refractivity contribution in [2.45, 2.75) is 45.1 Å². The maximum Gasteiger partial charge on any atom is 0.331 e. The van der Waals surface area contributed by atoms with Crippen molar-refractivity contribution >= 4 is 6.03 Å². The summed E-state index contributed by atoms with van der Waals surface area (Å²) in [5, 5.41) is 3.23. The molecule has 0 aromatic rings. The number of urea groups is 1. The van der Waals surface area contributed by atoms with Gasteiger partial charge in [-0.25, -0.2) is 4.79 Å². The van der Waals surface area contributed by atoms with E-state index in [0.717, 1.165) is 36.0 Å². The molecule has 0 unspecified atom stereocenters. The van der Waals surface area contributed by atoms with Gasteiger partial charge in [0.05, 0.1) is 19.1 Å². The number of carbonyl (C=O) groups excluding carboxylic acids is 1. The lowest BCUT2D eigenvalue weighted by Gasteiger charge is -2.35. The Morgan fingerprint density at radius 1 is 1.35 bits per heavy atom. The van der Waals surface area contributed by atoms with Gasteiger partial charge < -0.3 is 9.38 Å². The first-order valence-electron chi connectivity index (χ1n) is 9.01. The standard InChI is InChI=1S/C18H26N4O/c1-2-15-13-21(17-9-3-4-10-20(15)17)18(23)19-14-22-11-5-7-16(22)8-6-12-22/h3-4,9,13,16H,2,5-8,10-12,14H2,1H3/p+1. The fourth-order valence-corrected chi connectivity index (χ4v) is 4.76. The third-order valence-electron chi connectivity index (χ3n) is 6.00. The smallest absolute Gasteiger partial charge is 0.326 e. The average Bonchev–Trinajstić information content (AvgIpc) is 3.24. The van der Waals surface area contributed by atoms with E-state index in [1.807, 2.05) is 18.4 Å². The molecule has 0 aliphatic carbocycles. The molecule has 23 heavy (non-hydrogen) atoms. The Morgan fingerprint density at radius 3 is 2.87 bits per heavy atom. The number of carbonyl (C=O) groups is 1. The quantitative estimate of drug-likeness (QED) is 0.813. The number of hydrogen-bond donors (Lipinski definition) is 1. The first-order chi connectivity index (χ1) is 11.2. The zero-order valence-corrected chi connectivity index (χ0v) is 14.0. The van der Waals surface area contributed by atoms with Crippen LogP contribution in [-0.4, -0.2) is 52.7 Å². The number of quaternary nitrogens is 1. The van der Waals surface area contributed by atoms with E-state index in [0.29, 0.717) is 0 Å². The van der Waals surface area contributed by atoms with E-state index in [1.54, 1.807) is 4.90 Å². The fourth-order valence-electron chi connectivity index (χ4n) is 4.76. The highest BCUT2D eigenvalue weighted by Gasteiger charge is 2.45. The van der Waals surface area contributed by atoms with E-state index in [-0.39, 0.29) is 6.03 Å². The number of nitrogens with one attached hydrogen (secondary N) is 1. The Morgan fingerprint density at radius 2 is 2.13 bits per heavy atom. The summed E-state index contributed by atoms with van der Waals surface area (Å²) >= 11 is 0. The van der Waals surface area contributed by atoms with E-state index in [2.05, 4.69) is 23.2 Å². The molecule has 0 atom stereocenters. The maximum absolute atomic E-state index is 12.8. The van der Waals surface area contributed by atoms with E-state index in [4.69, 9.17) is 0 Å². The first kappa shape index (κ1) is 14.8. The van der Waals surface area contributed by atoms with Crippen LogP contribution in [0.25, 0.3) is 0 Å². The first-order valence-corrected chi connectivity index (χ1v) is 9.01. The highest BCUT2D eigenvalue weighted by Crippen LogP contribution is 2.36. The summed E-state index contributed by atoms with van der Waals surface area (Å²) in [6.07, 6.45) is 14.4. The van der Waals surface area contributed by atoms with Gasteiger partial charge >= 0.3 is 6.03 Å².